The molecule has 3 rings (SSSR count). The van der Waals surface area contributed by atoms with Crippen molar-refractivity contribution in [3.63, 3.8) is 0 Å². The minimum absolute atomic E-state index is 0.146. The number of hydrogen-bond donors (Lipinski definition) is 1. The van der Waals surface area contributed by atoms with E-state index in [0.29, 0.717) is 23.0 Å². The molecule has 0 aliphatic carbocycles. The Morgan fingerprint density at radius 1 is 1.29 bits per heavy atom. The Bertz CT molecular complexity index is 788. The van der Waals surface area contributed by atoms with E-state index in [-0.39, 0.29) is 18.3 Å². The third kappa shape index (κ3) is 5.58. The molecule has 1 amide bonds. The maximum Gasteiger partial charge on any atom is 0.254 e. The quantitative estimate of drug-likeness (QED) is 0.794. The molecule has 1 N–H and O–H groups in total. The lowest BCUT2D eigenvalue weighted by Crippen LogP contribution is -2.37. The Labute approximate surface area is 166 Å². The number of benzene rings is 1. The monoisotopic (exact) mass is 384 g/mol. The van der Waals surface area contributed by atoms with Gasteiger partial charge in [-0.3, -0.25) is 4.79 Å². The van der Waals surface area contributed by atoms with Crippen molar-refractivity contribution in [3.05, 3.63) is 59.4 Å². The second-order valence-corrected chi connectivity index (χ2v) is 8.00. The van der Waals surface area contributed by atoms with E-state index in [1.165, 1.54) is 12.4 Å². The molecule has 1 saturated heterocycles. The smallest absolute Gasteiger partial charge is 0.254 e. The molecule has 0 atom stereocenters. The van der Waals surface area contributed by atoms with Crippen LogP contribution in [0.25, 0.3) is 0 Å². The van der Waals surface area contributed by atoms with Gasteiger partial charge in [0.25, 0.3) is 5.91 Å². The molecule has 2 heterocycles. The summed E-state index contributed by atoms with van der Waals surface area (Å²) in [6, 6.07) is 6.46. The predicted molar refractivity (Wildman–Crippen MR) is 107 cm³/mol. The molecule has 1 aromatic carbocycles. The molecule has 5 nitrogen and oxygen atoms in total. The first kappa shape index (κ1) is 20.4. The molecule has 6 heteroatoms. The number of piperidine rings is 1. The first-order valence-electron chi connectivity index (χ1n) is 10.1. The van der Waals surface area contributed by atoms with E-state index in [2.05, 4.69) is 34.0 Å². The second-order valence-electron chi connectivity index (χ2n) is 8.00. The summed E-state index contributed by atoms with van der Waals surface area (Å²) in [4.78, 5) is 23.6. The topological polar surface area (TPSA) is 58.1 Å². The fraction of sp³-hybridized carbons (Fsp3) is 0.500. The van der Waals surface area contributed by atoms with Gasteiger partial charge in [-0.15, -0.1) is 0 Å². The normalized spacial score (nSPS) is 15.7. The number of halogens is 1. The van der Waals surface area contributed by atoms with E-state index in [1.54, 1.807) is 24.4 Å². The largest absolute Gasteiger partial charge is 0.348 e. The Morgan fingerprint density at radius 3 is 2.75 bits per heavy atom. The van der Waals surface area contributed by atoms with Crippen LogP contribution in [0, 0.1) is 17.7 Å². The highest BCUT2D eigenvalue weighted by molar-refractivity contribution is 5.94. The van der Waals surface area contributed by atoms with E-state index in [1.807, 2.05) is 0 Å². The number of nitrogens with zero attached hydrogens (tertiary/aromatic N) is 3. The summed E-state index contributed by atoms with van der Waals surface area (Å²) in [5.41, 5.74) is 1.73. The van der Waals surface area contributed by atoms with E-state index < -0.39 is 0 Å². The summed E-state index contributed by atoms with van der Waals surface area (Å²) in [5.74, 6) is 0.635. The van der Waals surface area contributed by atoms with Crippen molar-refractivity contribution >= 4 is 5.91 Å². The molecule has 0 radical (unpaired) electrons. The summed E-state index contributed by atoms with van der Waals surface area (Å²) < 4.78 is 13.8. The highest BCUT2D eigenvalue weighted by atomic mass is 19.1. The number of amides is 1. The van der Waals surface area contributed by atoms with E-state index in [4.69, 9.17) is 0 Å². The number of carbonyl (C=O) groups is 1. The zero-order chi connectivity index (χ0) is 19.9. The van der Waals surface area contributed by atoms with Crippen LogP contribution in [0.5, 0.6) is 0 Å². The molecule has 1 aliphatic rings. The summed E-state index contributed by atoms with van der Waals surface area (Å²) in [5, 5.41) is 2.80. The van der Waals surface area contributed by atoms with Crippen LogP contribution in [0.2, 0.25) is 0 Å². The Morgan fingerprint density at radius 2 is 2.04 bits per heavy atom. The lowest BCUT2D eigenvalue weighted by molar-refractivity contribution is 0.0948. The van der Waals surface area contributed by atoms with Gasteiger partial charge in [0, 0.05) is 24.8 Å². The van der Waals surface area contributed by atoms with Crippen molar-refractivity contribution in [2.75, 3.05) is 19.6 Å². The van der Waals surface area contributed by atoms with Crippen molar-refractivity contribution in [1.82, 2.24) is 20.2 Å². The molecule has 1 aliphatic heterocycles. The van der Waals surface area contributed by atoms with Gasteiger partial charge in [-0.05, 0) is 50.3 Å². The first-order chi connectivity index (χ1) is 13.5. The van der Waals surface area contributed by atoms with Crippen LogP contribution in [0.15, 0.2) is 36.8 Å². The van der Waals surface area contributed by atoms with Gasteiger partial charge in [-0.2, -0.15) is 0 Å². The van der Waals surface area contributed by atoms with E-state index in [9.17, 15) is 9.18 Å². The minimum Gasteiger partial charge on any atom is -0.348 e. The molecular formula is C22H29FN4O. The Balaban J connectivity index is 1.58. The van der Waals surface area contributed by atoms with Crippen molar-refractivity contribution in [1.29, 1.82) is 0 Å². The van der Waals surface area contributed by atoms with Crippen LogP contribution in [0.1, 0.15) is 48.3 Å². The highest BCUT2D eigenvalue weighted by Crippen LogP contribution is 2.23. The van der Waals surface area contributed by atoms with Gasteiger partial charge < -0.3 is 10.2 Å². The Hall–Kier alpha value is -2.34. The van der Waals surface area contributed by atoms with E-state index >= 15 is 0 Å². The van der Waals surface area contributed by atoms with Crippen LogP contribution in [-0.4, -0.2) is 40.4 Å². The van der Waals surface area contributed by atoms with Gasteiger partial charge in [0.1, 0.15) is 12.1 Å². The van der Waals surface area contributed by atoms with Gasteiger partial charge in [0.05, 0.1) is 11.3 Å². The number of carbonyl (C=O) groups excluding carboxylic acids is 1. The fourth-order valence-corrected chi connectivity index (χ4v) is 3.78. The van der Waals surface area contributed by atoms with Crippen LogP contribution in [-0.2, 0) is 13.0 Å². The van der Waals surface area contributed by atoms with E-state index in [0.717, 1.165) is 44.6 Å². The fourth-order valence-electron chi connectivity index (χ4n) is 3.78. The van der Waals surface area contributed by atoms with Crippen LogP contribution >= 0.6 is 0 Å². The number of aromatic nitrogens is 2. The molecule has 0 bridgehead atoms. The van der Waals surface area contributed by atoms with Crippen LogP contribution in [0.3, 0.4) is 0 Å². The number of likely N-dealkylation sites (tertiary alicyclic amines) is 1. The molecule has 0 saturated carbocycles. The molecule has 150 valence electrons. The minimum atomic E-state index is -0.319. The summed E-state index contributed by atoms with van der Waals surface area (Å²) >= 11 is 0. The lowest BCUT2D eigenvalue weighted by atomic mass is 9.90. The standard InChI is InChI=1S/C22H29FN4O/c1-16(2)14-27-9-7-17(8-10-27)11-21-19(13-24-15-26-21)22(28)25-12-18-5-3-4-6-20(18)23/h3-6,13,15-17H,7-12,14H2,1-2H3,(H,25,28). The molecule has 0 unspecified atom stereocenters. The van der Waals surface area contributed by atoms with Gasteiger partial charge >= 0.3 is 0 Å². The van der Waals surface area contributed by atoms with Crippen LogP contribution in [0.4, 0.5) is 4.39 Å². The molecule has 28 heavy (non-hydrogen) atoms. The summed E-state index contributed by atoms with van der Waals surface area (Å²) in [6.07, 6.45) is 6.07. The second kappa shape index (κ2) is 9.73. The third-order valence-electron chi connectivity index (χ3n) is 5.25. The number of hydrogen-bond acceptors (Lipinski definition) is 4. The van der Waals surface area contributed by atoms with Gasteiger partial charge in [0.15, 0.2) is 0 Å². The summed E-state index contributed by atoms with van der Waals surface area (Å²) in [7, 11) is 0. The number of rotatable bonds is 7. The van der Waals surface area contributed by atoms with Crippen LogP contribution < -0.4 is 5.32 Å². The molecular weight excluding hydrogens is 355 g/mol. The maximum absolute atomic E-state index is 13.8. The first-order valence-corrected chi connectivity index (χ1v) is 10.1. The van der Waals surface area contributed by atoms with Crippen molar-refractivity contribution in [3.8, 4) is 0 Å². The SMILES string of the molecule is CC(C)CN1CCC(Cc2ncncc2C(=O)NCc2ccccc2F)CC1. The maximum atomic E-state index is 13.8. The van der Waals surface area contributed by atoms with Crippen molar-refractivity contribution in [2.24, 2.45) is 11.8 Å². The third-order valence-corrected chi connectivity index (χ3v) is 5.25. The van der Waals surface area contributed by atoms with Gasteiger partial charge in [0.2, 0.25) is 0 Å². The zero-order valence-electron chi connectivity index (χ0n) is 16.7. The average molecular weight is 384 g/mol. The Kier molecular flexibility index (Phi) is 7.09. The zero-order valence-corrected chi connectivity index (χ0v) is 16.7. The highest BCUT2D eigenvalue weighted by Gasteiger charge is 2.22. The number of nitrogens with one attached hydrogen (secondary N) is 1. The molecule has 1 aromatic heterocycles. The predicted octanol–water partition coefficient (Wildman–Crippen LogP) is 3.46. The van der Waals surface area contributed by atoms with Crippen molar-refractivity contribution < 1.29 is 9.18 Å². The molecule has 2 aromatic rings. The van der Waals surface area contributed by atoms with Gasteiger partial charge in [-0.25, -0.2) is 14.4 Å². The van der Waals surface area contributed by atoms with Crippen molar-refractivity contribution in [2.45, 2.75) is 39.7 Å². The molecule has 0 spiro atoms. The lowest BCUT2D eigenvalue weighted by Gasteiger charge is -2.33. The summed E-state index contributed by atoms with van der Waals surface area (Å²) in [6.45, 7) is 7.99. The molecule has 1 fully saturated rings. The average Bonchev–Trinajstić information content (AvgIpc) is 2.69. The van der Waals surface area contributed by atoms with Gasteiger partial charge in [-0.1, -0.05) is 32.0 Å².